The van der Waals surface area contributed by atoms with Crippen LogP contribution in [0.4, 0.5) is 0 Å². The van der Waals surface area contributed by atoms with Crippen molar-refractivity contribution in [1.29, 1.82) is 0 Å². The highest BCUT2D eigenvalue weighted by Crippen LogP contribution is 2.16. The summed E-state index contributed by atoms with van der Waals surface area (Å²) in [6.07, 6.45) is 2.09. The summed E-state index contributed by atoms with van der Waals surface area (Å²) >= 11 is 0. The molecule has 0 radical (unpaired) electrons. The maximum atomic E-state index is 5.01. The van der Waals surface area contributed by atoms with Crippen molar-refractivity contribution in [3.63, 3.8) is 0 Å². The Labute approximate surface area is 114 Å². The largest absolute Gasteiger partial charge is 0.383 e. The zero-order valence-corrected chi connectivity index (χ0v) is 11.9. The first-order valence-corrected chi connectivity index (χ1v) is 7.00. The number of para-hydroxylation sites is 2. The van der Waals surface area contributed by atoms with Gasteiger partial charge in [-0.2, -0.15) is 0 Å². The molecule has 0 aliphatic rings. The Balaban J connectivity index is 1.95. The van der Waals surface area contributed by atoms with E-state index in [1.54, 1.807) is 7.11 Å². The molecule has 0 unspecified atom stereocenters. The van der Waals surface area contributed by atoms with Gasteiger partial charge in [-0.15, -0.1) is 0 Å². The minimum Gasteiger partial charge on any atom is -0.383 e. The van der Waals surface area contributed by atoms with Crippen LogP contribution in [0.25, 0.3) is 11.0 Å². The molecule has 0 spiro atoms. The van der Waals surface area contributed by atoms with E-state index in [-0.39, 0.29) is 0 Å². The van der Waals surface area contributed by atoms with Crippen LogP contribution in [0.5, 0.6) is 0 Å². The number of aromatic nitrogens is 2. The average molecular weight is 261 g/mol. The monoisotopic (exact) mass is 261 g/mol. The van der Waals surface area contributed by atoms with Gasteiger partial charge >= 0.3 is 0 Å². The van der Waals surface area contributed by atoms with Gasteiger partial charge < -0.3 is 14.6 Å². The molecule has 104 valence electrons. The lowest BCUT2D eigenvalue weighted by molar-refractivity contribution is 0.199. The zero-order valence-electron chi connectivity index (χ0n) is 11.9. The molecule has 1 heterocycles. The topological polar surface area (TPSA) is 39.1 Å². The summed E-state index contributed by atoms with van der Waals surface area (Å²) in [7, 11) is 1.73. The highest BCUT2D eigenvalue weighted by molar-refractivity contribution is 5.75. The van der Waals surface area contributed by atoms with Crippen molar-refractivity contribution >= 4 is 11.0 Å². The van der Waals surface area contributed by atoms with E-state index in [0.29, 0.717) is 0 Å². The lowest BCUT2D eigenvalue weighted by Gasteiger charge is -2.08. The molecule has 0 atom stereocenters. The first kappa shape index (κ1) is 14.0. The Morgan fingerprint density at radius 1 is 1.26 bits per heavy atom. The number of nitrogens with zero attached hydrogens (tertiary/aromatic N) is 2. The predicted molar refractivity (Wildman–Crippen MR) is 78.5 cm³/mol. The summed E-state index contributed by atoms with van der Waals surface area (Å²) < 4.78 is 7.35. The summed E-state index contributed by atoms with van der Waals surface area (Å²) in [5.41, 5.74) is 2.35. The average Bonchev–Trinajstić information content (AvgIpc) is 2.81. The molecular formula is C15H23N3O. The summed E-state index contributed by atoms with van der Waals surface area (Å²) in [5.74, 6) is 1.18. The van der Waals surface area contributed by atoms with Crippen LogP contribution in [0.3, 0.4) is 0 Å². The number of methoxy groups -OCH3 is 1. The Morgan fingerprint density at radius 3 is 2.89 bits per heavy atom. The molecule has 2 aromatic rings. The molecule has 0 aliphatic carbocycles. The maximum absolute atomic E-state index is 5.01. The van der Waals surface area contributed by atoms with E-state index in [9.17, 15) is 0 Å². The smallest absolute Gasteiger partial charge is 0.109 e. The van der Waals surface area contributed by atoms with Gasteiger partial charge in [0.05, 0.1) is 17.6 Å². The van der Waals surface area contributed by atoms with Gasteiger partial charge in [-0.05, 0) is 25.1 Å². The van der Waals surface area contributed by atoms with Crippen molar-refractivity contribution in [2.75, 3.05) is 26.8 Å². The summed E-state index contributed by atoms with van der Waals surface area (Å²) in [6.45, 7) is 5.88. The quantitative estimate of drug-likeness (QED) is 0.741. The Morgan fingerprint density at radius 2 is 2.11 bits per heavy atom. The Kier molecular flexibility index (Phi) is 5.36. The van der Waals surface area contributed by atoms with Gasteiger partial charge in [0.25, 0.3) is 0 Å². The number of imidazole rings is 1. The molecule has 0 amide bonds. The number of benzene rings is 1. The van der Waals surface area contributed by atoms with Gasteiger partial charge in [-0.3, -0.25) is 0 Å². The highest BCUT2D eigenvalue weighted by atomic mass is 16.5. The first-order chi connectivity index (χ1) is 9.36. The number of rotatable bonds is 8. The number of ether oxygens (including phenoxy) is 1. The molecule has 0 bridgehead atoms. The van der Waals surface area contributed by atoms with Crippen molar-refractivity contribution in [1.82, 2.24) is 14.9 Å². The molecule has 1 aromatic heterocycles. The molecule has 2 rings (SSSR count). The molecule has 1 N–H and O–H groups in total. The number of nitrogens with one attached hydrogen (secondary N) is 1. The van der Waals surface area contributed by atoms with Gasteiger partial charge in [0.2, 0.25) is 0 Å². The van der Waals surface area contributed by atoms with Crippen molar-refractivity contribution in [3.05, 3.63) is 30.1 Å². The second-order valence-corrected chi connectivity index (χ2v) is 4.62. The second-order valence-electron chi connectivity index (χ2n) is 4.62. The van der Waals surface area contributed by atoms with Crippen molar-refractivity contribution in [2.24, 2.45) is 0 Å². The molecule has 4 heteroatoms. The van der Waals surface area contributed by atoms with E-state index < -0.39 is 0 Å². The van der Waals surface area contributed by atoms with E-state index in [2.05, 4.69) is 40.0 Å². The first-order valence-electron chi connectivity index (χ1n) is 7.00. The Hall–Kier alpha value is -1.39. The number of aryl methyl sites for hydroxylation is 2. The third-order valence-electron chi connectivity index (χ3n) is 3.27. The van der Waals surface area contributed by atoms with Crippen LogP contribution in [-0.2, 0) is 17.7 Å². The van der Waals surface area contributed by atoms with Gasteiger partial charge in [0, 0.05) is 26.6 Å². The van der Waals surface area contributed by atoms with Crippen molar-refractivity contribution in [2.45, 2.75) is 26.3 Å². The molecule has 19 heavy (non-hydrogen) atoms. The fourth-order valence-electron chi connectivity index (χ4n) is 2.31. The van der Waals surface area contributed by atoms with Crippen LogP contribution < -0.4 is 5.32 Å². The van der Waals surface area contributed by atoms with Gasteiger partial charge in [0.15, 0.2) is 0 Å². The van der Waals surface area contributed by atoms with Crippen LogP contribution in [0.2, 0.25) is 0 Å². The van der Waals surface area contributed by atoms with E-state index in [1.807, 2.05) is 6.07 Å². The minimum absolute atomic E-state index is 0.772. The van der Waals surface area contributed by atoms with Crippen LogP contribution in [0.1, 0.15) is 19.2 Å². The van der Waals surface area contributed by atoms with Crippen LogP contribution in [0.15, 0.2) is 24.3 Å². The molecule has 1 aromatic carbocycles. The molecule has 0 aliphatic heterocycles. The lowest BCUT2D eigenvalue weighted by atomic mass is 10.3. The van der Waals surface area contributed by atoms with Gasteiger partial charge in [0.1, 0.15) is 5.82 Å². The highest BCUT2D eigenvalue weighted by Gasteiger charge is 2.07. The normalized spacial score (nSPS) is 11.3. The predicted octanol–water partition coefficient (Wildman–Crippen LogP) is 2.22. The van der Waals surface area contributed by atoms with E-state index in [4.69, 9.17) is 4.74 Å². The SMILES string of the molecule is CCc1nc2ccccc2n1CCCNCCOC. The second kappa shape index (κ2) is 7.26. The maximum Gasteiger partial charge on any atom is 0.109 e. The summed E-state index contributed by atoms with van der Waals surface area (Å²) in [4.78, 5) is 4.68. The fraction of sp³-hybridized carbons (Fsp3) is 0.533. The van der Waals surface area contributed by atoms with E-state index >= 15 is 0 Å². The minimum atomic E-state index is 0.772. The van der Waals surface area contributed by atoms with Crippen LogP contribution in [-0.4, -0.2) is 36.4 Å². The molecule has 0 saturated carbocycles. The molecule has 0 saturated heterocycles. The van der Waals surface area contributed by atoms with Crippen LogP contribution in [0, 0.1) is 0 Å². The number of hydrogen-bond acceptors (Lipinski definition) is 3. The summed E-state index contributed by atoms with van der Waals surface area (Å²) in [6, 6.07) is 8.36. The van der Waals surface area contributed by atoms with E-state index in [1.165, 1.54) is 11.3 Å². The molecule has 0 fully saturated rings. The van der Waals surface area contributed by atoms with E-state index in [0.717, 1.165) is 44.6 Å². The van der Waals surface area contributed by atoms with Crippen molar-refractivity contribution < 1.29 is 4.74 Å². The molecule has 4 nitrogen and oxygen atoms in total. The zero-order chi connectivity index (χ0) is 13.5. The fourth-order valence-corrected chi connectivity index (χ4v) is 2.31. The van der Waals surface area contributed by atoms with Crippen LogP contribution >= 0.6 is 0 Å². The standard InChI is InChI=1S/C15H23N3O/c1-3-15-17-13-7-4-5-8-14(13)18(15)11-6-9-16-10-12-19-2/h4-5,7-8,16H,3,6,9-12H2,1-2H3. The Bertz CT molecular complexity index is 507. The lowest BCUT2D eigenvalue weighted by Crippen LogP contribution is -2.21. The third-order valence-corrected chi connectivity index (χ3v) is 3.27. The third kappa shape index (κ3) is 3.55. The van der Waals surface area contributed by atoms with Gasteiger partial charge in [-0.1, -0.05) is 19.1 Å². The molecular weight excluding hydrogens is 238 g/mol. The summed E-state index contributed by atoms with van der Waals surface area (Å²) in [5, 5.41) is 3.38. The number of hydrogen-bond donors (Lipinski definition) is 1. The van der Waals surface area contributed by atoms with Crippen molar-refractivity contribution in [3.8, 4) is 0 Å². The van der Waals surface area contributed by atoms with Gasteiger partial charge in [-0.25, -0.2) is 4.98 Å². The number of fused-ring (bicyclic) bond motifs is 1.